The van der Waals surface area contributed by atoms with E-state index >= 15 is 0 Å². The van der Waals surface area contributed by atoms with E-state index in [1.807, 2.05) is 43.3 Å². The molecule has 0 atom stereocenters. The summed E-state index contributed by atoms with van der Waals surface area (Å²) in [6.07, 6.45) is 4.48. The maximum Gasteiger partial charge on any atom is 0.303 e. The van der Waals surface area contributed by atoms with E-state index < -0.39 is 5.97 Å². The molecule has 2 rings (SSSR count). The number of amides is 1. The van der Waals surface area contributed by atoms with Crippen LogP contribution in [-0.4, -0.2) is 23.6 Å². The van der Waals surface area contributed by atoms with Crippen LogP contribution in [0.5, 0.6) is 5.75 Å². The lowest BCUT2D eigenvalue weighted by atomic mass is 10.1. The molecule has 0 saturated heterocycles. The molecule has 5 nitrogen and oxygen atoms in total. The van der Waals surface area contributed by atoms with Gasteiger partial charge in [-0.2, -0.15) is 0 Å². The highest BCUT2D eigenvalue weighted by Crippen LogP contribution is 2.27. The van der Waals surface area contributed by atoms with Crippen molar-refractivity contribution in [2.45, 2.75) is 26.2 Å². The number of aryl methyl sites for hydroxylation is 1. The van der Waals surface area contributed by atoms with Gasteiger partial charge in [-0.3, -0.25) is 9.59 Å². The summed E-state index contributed by atoms with van der Waals surface area (Å²) in [7, 11) is 0. The Labute approximate surface area is 153 Å². The fraction of sp³-hybridized carbons (Fsp3) is 0.238. The van der Waals surface area contributed by atoms with Crippen LogP contribution in [0.1, 0.15) is 30.9 Å². The standard InChI is InChI=1S/C21H23NO4/c1-2-14-26-19-11-8-17(10-13-21(24)25)15-18(19)22-20(23)12-9-16-6-4-3-5-7-16/h3-9,11-12,15H,2,10,13-14H2,1H3,(H,22,23)(H,24,25)/b12-9+. The summed E-state index contributed by atoms with van der Waals surface area (Å²) in [5, 5.41) is 11.7. The monoisotopic (exact) mass is 353 g/mol. The third-order valence-electron chi connectivity index (χ3n) is 3.62. The predicted molar refractivity (Wildman–Crippen MR) is 102 cm³/mol. The van der Waals surface area contributed by atoms with Crippen LogP contribution < -0.4 is 10.1 Å². The Morgan fingerprint density at radius 3 is 2.62 bits per heavy atom. The Kier molecular flexibility index (Phi) is 7.43. The number of aliphatic carboxylic acids is 1. The molecule has 26 heavy (non-hydrogen) atoms. The van der Waals surface area contributed by atoms with Gasteiger partial charge in [0.2, 0.25) is 5.91 Å². The number of nitrogens with one attached hydrogen (secondary N) is 1. The number of benzene rings is 2. The van der Waals surface area contributed by atoms with E-state index in [1.54, 1.807) is 18.2 Å². The number of carboxylic acid groups (broad SMARTS) is 1. The molecule has 136 valence electrons. The number of carbonyl (C=O) groups is 2. The van der Waals surface area contributed by atoms with Gasteiger partial charge in [0.1, 0.15) is 5.75 Å². The smallest absolute Gasteiger partial charge is 0.303 e. The van der Waals surface area contributed by atoms with Crippen molar-refractivity contribution in [3.8, 4) is 5.75 Å². The number of ether oxygens (including phenoxy) is 1. The minimum atomic E-state index is -0.854. The quantitative estimate of drug-likeness (QED) is 0.664. The molecule has 0 radical (unpaired) electrons. The second kappa shape index (κ2) is 10.0. The average molecular weight is 353 g/mol. The highest BCUT2D eigenvalue weighted by molar-refractivity contribution is 6.02. The summed E-state index contributed by atoms with van der Waals surface area (Å²) in [6.45, 7) is 2.54. The summed E-state index contributed by atoms with van der Waals surface area (Å²) >= 11 is 0. The average Bonchev–Trinajstić information content (AvgIpc) is 2.65. The van der Waals surface area contributed by atoms with Gasteiger partial charge in [-0.25, -0.2) is 0 Å². The van der Waals surface area contributed by atoms with Crippen molar-refractivity contribution >= 4 is 23.6 Å². The molecular weight excluding hydrogens is 330 g/mol. The van der Waals surface area contributed by atoms with Crippen LogP contribution in [0.15, 0.2) is 54.6 Å². The minimum Gasteiger partial charge on any atom is -0.491 e. The largest absolute Gasteiger partial charge is 0.491 e. The first-order chi connectivity index (χ1) is 12.6. The second-order valence-corrected chi connectivity index (χ2v) is 5.81. The van der Waals surface area contributed by atoms with E-state index in [1.165, 1.54) is 6.08 Å². The van der Waals surface area contributed by atoms with Crippen LogP contribution >= 0.6 is 0 Å². The normalized spacial score (nSPS) is 10.7. The number of carboxylic acids is 1. The Hall–Kier alpha value is -3.08. The maximum absolute atomic E-state index is 12.2. The van der Waals surface area contributed by atoms with E-state index in [0.29, 0.717) is 24.5 Å². The molecular formula is C21H23NO4. The molecule has 0 aliphatic heterocycles. The van der Waals surface area contributed by atoms with Gasteiger partial charge >= 0.3 is 5.97 Å². The zero-order valence-electron chi connectivity index (χ0n) is 14.8. The fourth-order valence-electron chi connectivity index (χ4n) is 2.33. The Bertz CT molecular complexity index is 769. The molecule has 0 aliphatic carbocycles. The summed E-state index contributed by atoms with van der Waals surface area (Å²) < 4.78 is 5.68. The lowest BCUT2D eigenvalue weighted by Gasteiger charge is -2.13. The molecule has 0 unspecified atom stereocenters. The fourth-order valence-corrected chi connectivity index (χ4v) is 2.33. The van der Waals surface area contributed by atoms with Gasteiger partial charge in [-0.15, -0.1) is 0 Å². The lowest BCUT2D eigenvalue weighted by Crippen LogP contribution is -2.10. The number of hydrogen-bond donors (Lipinski definition) is 2. The zero-order chi connectivity index (χ0) is 18.8. The molecule has 0 aromatic heterocycles. The highest BCUT2D eigenvalue weighted by atomic mass is 16.5. The number of hydrogen-bond acceptors (Lipinski definition) is 3. The molecule has 2 aromatic rings. The predicted octanol–water partition coefficient (Wildman–Crippen LogP) is 4.14. The summed E-state index contributed by atoms with van der Waals surface area (Å²) in [4.78, 5) is 23.0. The van der Waals surface area contributed by atoms with E-state index in [2.05, 4.69) is 5.32 Å². The minimum absolute atomic E-state index is 0.0382. The number of anilines is 1. The Balaban J connectivity index is 2.12. The second-order valence-electron chi connectivity index (χ2n) is 5.81. The lowest BCUT2D eigenvalue weighted by molar-refractivity contribution is -0.137. The van der Waals surface area contributed by atoms with Gasteiger partial charge in [0.15, 0.2) is 0 Å². The molecule has 0 spiro atoms. The molecule has 0 saturated carbocycles. The molecule has 0 fully saturated rings. The molecule has 0 bridgehead atoms. The van der Waals surface area contributed by atoms with Crippen molar-refractivity contribution in [1.29, 1.82) is 0 Å². The SMILES string of the molecule is CCCOc1ccc(CCC(=O)O)cc1NC(=O)/C=C/c1ccccc1. The number of rotatable bonds is 9. The zero-order valence-corrected chi connectivity index (χ0v) is 14.8. The highest BCUT2D eigenvalue weighted by Gasteiger charge is 2.09. The maximum atomic E-state index is 12.2. The van der Waals surface area contributed by atoms with Crippen LogP contribution in [0.3, 0.4) is 0 Å². The van der Waals surface area contributed by atoms with E-state index in [-0.39, 0.29) is 12.3 Å². The van der Waals surface area contributed by atoms with Crippen LogP contribution in [-0.2, 0) is 16.0 Å². The van der Waals surface area contributed by atoms with E-state index in [0.717, 1.165) is 17.5 Å². The Morgan fingerprint density at radius 2 is 1.92 bits per heavy atom. The number of carbonyl (C=O) groups excluding carboxylic acids is 1. The van der Waals surface area contributed by atoms with Crippen molar-refractivity contribution < 1.29 is 19.4 Å². The topological polar surface area (TPSA) is 75.6 Å². The molecule has 5 heteroatoms. The van der Waals surface area contributed by atoms with Crippen LogP contribution in [0.4, 0.5) is 5.69 Å². The van der Waals surface area contributed by atoms with Crippen molar-refractivity contribution in [2.75, 3.05) is 11.9 Å². The van der Waals surface area contributed by atoms with Crippen LogP contribution in [0.2, 0.25) is 0 Å². The van der Waals surface area contributed by atoms with Gasteiger partial charge in [0.05, 0.1) is 12.3 Å². The van der Waals surface area contributed by atoms with E-state index in [9.17, 15) is 9.59 Å². The van der Waals surface area contributed by atoms with Crippen molar-refractivity contribution in [2.24, 2.45) is 0 Å². The van der Waals surface area contributed by atoms with Gasteiger partial charge in [-0.05, 0) is 42.2 Å². The first-order valence-electron chi connectivity index (χ1n) is 8.60. The Morgan fingerprint density at radius 1 is 1.15 bits per heavy atom. The van der Waals surface area contributed by atoms with Crippen molar-refractivity contribution in [1.82, 2.24) is 0 Å². The molecule has 1 amide bonds. The summed E-state index contributed by atoms with van der Waals surface area (Å²) in [5.41, 5.74) is 2.31. The van der Waals surface area contributed by atoms with Crippen LogP contribution in [0.25, 0.3) is 6.08 Å². The van der Waals surface area contributed by atoms with Crippen molar-refractivity contribution in [3.63, 3.8) is 0 Å². The molecule has 0 aliphatic rings. The van der Waals surface area contributed by atoms with Crippen LogP contribution in [0, 0.1) is 0 Å². The van der Waals surface area contributed by atoms with Gasteiger partial charge in [0, 0.05) is 12.5 Å². The first-order valence-corrected chi connectivity index (χ1v) is 8.60. The molecule has 2 N–H and O–H groups in total. The van der Waals surface area contributed by atoms with Gasteiger partial charge < -0.3 is 15.2 Å². The summed E-state index contributed by atoms with van der Waals surface area (Å²) in [5.74, 6) is -0.550. The third kappa shape index (κ3) is 6.43. The third-order valence-corrected chi connectivity index (χ3v) is 3.62. The van der Waals surface area contributed by atoms with E-state index in [4.69, 9.17) is 9.84 Å². The van der Waals surface area contributed by atoms with Gasteiger partial charge in [0.25, 0.3) is 0 Å². The van der Waals surface area contributed by atoms with Crippen molar-refractivity contribution in [3.05, 3.63) is 65.7 Å². The molecule has 2 aromatic carbocycles. The molecule has 0 heterocycles. The summed E-state index contributed by atoms with van der Waals surface area (Å²) in [6, 6.07) is 14.9. The van der Waals surface area contributed by atoms with Gasteiger partial charge in [-0.1, -0.05) is 43.3 Å². The first kappa shape index (κ1) is 19.2.